The topological polar surface area (TPSA) is 153 Å². The fraction of sp³-hybridized carbons (Fsp3) is 0.927. The van der Waals surface area contributed by atoms with Gasteiger partial charge < -0.3 is 48.8 Å². The Labute approximate surface area is 312 Å². The average Bonchev–Trinajstić information content (AvgIpc) is 3.74. The van der Waals surface area contributed by atoms with Crippen LogP contribution < -0.4 is 0 Å². The van der Waals surface area contributed by atoms with Crippen LogP contribution in [0.25, 0.3) is 0 Å². The highest BCUT2D eigenvalue weighted by Gasteiger charge is 2.64. The van der Waals surface area contributed by atoms with Crippen LogP contribution in [0.4, 0.5) is 0 Å². The molecule has 11 nitrogen and oxygen atoms in total. The highest BCUT2D eigenvalue weighted by Crippen LogP contribution is 2.57. The van der Waals surface area contributed by atoms with Gasteiger partial charge >= 0.3 is 5.97 Å². The second kappa shape index (κ2) is 16.1. The lowest BCUT2D eigenvalue weighted by molar-refractivity contribution is -0.347. The van der Waals surface area contributed by atoms with Crippen LogP contribution in [0.3, 0.4) is 0 Å². The van der Waals surface area contributed by atoms with Gasteiger partial charge in [0.1, 0.15) is 0 Å². The van der Waals surface area contributed by atoms with E-state index in [0.717, 1.165) is 38.5 Å². The van der Waals surface area contributed by atoms with Gasteiger partial charge in [-0.25, -0.2) is 4.79 Å². The van der Waals surface area contributed by atoms with Gasteiger partial charge in [0.2, 0.25) is 0 Å². The van der Waals surface area contributed by atoms with E-state index in [0.29, 0.717) is 31.4 Å². The second-order valence-electron chi connectivity index (χ2n) is 18.3. The van der Waals surface area contributed by atoms with E-state index in [1.54, 1.807) is 20.1 Å². The van der Waals surface area contributed by atoms with Crippen molar-refractivity contribution in [3.8, 4) is 0 Å². The molecule has 0 saturated carbocycles. The average molecular weight is 739 g/mol. The van der Waals surface area contributed by atoms with Crippen LogP contribution in [0, 0.1) is 41.4 Å². The molecule has 52 heavy (non-hydrogen) atoms. The molecule has 4 N–H and O–H groups in total. The van der Waals surface area contributed by atoms with E-state index in [4.69, 9.17) is 28.4 Å². The number of carbonyl (C=O) groups is 1. The summed E-state index contributed by atoms with van der Waals surface area (Å²) in [6.45, 7) is 18.7. The summed E-state index contributed by atoms with van der Waals surface area (Å²) >= 11 is 0. The first-order valence-corrected chi connectivity index (χ1v) is 20.1. The van der Waals surface area contributed by atoms with Gasteiger partial charge in [0.25, 0.3) is 0 Å². The number of aliphatic carboxylic acids is 1. The summed E-state index contributed by atoms with van der Waals surface area (Å²) in [4.78, 5) is 11.3. The normalized spacial score (nSPS) is 48.3. The fourth-order valence-electron chi connectivity index (χ4n) is 10.8. The van der Waals surface area contributed by atoms with Crippen molar-refractivity contribution in [2.45, 2.75) is 180 Å². The summed E-state index contributed by atoms with van der Waals surface area (Å²) in [6.07, 6.45) is 6.61. The van der Waals surface area contributed by atoms with Crippen LogP contribution in [0.1, 0.15) is 120 Å². The summed E-state index contributed by atoms with van der Waals surface area (Å²) in [5, 5.41) is 41.3. The van der Waals surface area contributed by atoms with Gasteiger partial charge in [0.15, 0.2) is 11.6 Å². The van der Waals surface area contributed by atoms with Crippen molar-refractivity contribution in [3.63, 3.8) is 0 Å². The number of hydrogen-bond donors (Lipinski definition) is 4. The molecule has 0 aromatic heterocycles. The van der Waals surface area contributed by atoms with Crippen molar-refractivity contribution in [2.24, 2.45) is 41.4 Å². The predicted molar refractivity (Wildman–Crippen MR) is 195 cm³/mol. The first-order valence-electron chi connectivity index (χ1n) is 20.1. The lowest BCUT2D eigenvalue weighted by atomic mass is 9.74. The smallest absolute Gasteiger partial charge is 0.330 e. The lowest BCUT2D eigenvalue weighted by Crippen LogP contribution is -2.57. The van der Waals surface area contributed by atoms with Gasteiger partial charge in [-0.05, 0) is 102 Å². The van der Waals surface area contributed by atoms with Gasteiger partial charge in [-0.3, -0.25) is 0 Å². The molecule has 0 unspecified atom stereocenters. The molecular formula is C41H70O11. The molecule has 5 saturated heterocycles. The van der Waals surface area contributed by atoms with Crippen LogP contribution in [0.2, 0.25) is 0 Å². The minimum atomic E-state index is -1.56. The molecular weight excluding hydrogens is 668 g/mol. The third-order valence-corrected chi connectivity index (χ3v) is 13.8. The van der Waals surface area contributed by atoms with E-state index < -0.39 is 41.5 Å². The van der Waals surface area contributed by atoms with E-state index >= 15 is 0 Å². The zero-order valence-electron chi connectivity index (χ0n) is 33.5. The Bertz CT molecular complexity index is 1260. The number of carboxylic acids is 1. The molecule has 11 heteroatoms. The van der Waals surface area contributed by atoms with Crippen molar-refractivity contribution >= 4 is 5.97 Å². The summed E-state index contributed by atoms with van der Waals surface area (Å²) in [6, 6.07) is 0. The second-order valence-corrected chi connectivity index (χ2v) is 18.3. The van der Waals surface area contributed by atoms with Crippen LogP contribution in [0.15, 0.2) is 11.6 Å². The van der Waals surface area contributed by atoms with E-state index in [2.05, 4.69) is 41.5 Å². The predicted octanol–water partition coefficient (Wildman–Crippen LogP) is 5.86. The van der Waals surface area contributed by atoms with Gasteiger partial charge in [0, 0.05) is 37.0 Å². The van der Waals surface area contributed by atoms with Crippen LogP contribution in [-0.4, -0.2) is 106 Å². The number of hydrogen-bond acceptors (Lipinski definition) is 10. The summed E-state index contributed by atoms with van der Waals surface area (Å²) < 4.78 is 40.0. The number of allylic oxidation sites excluding steroid dienone is 1. The number of ether oxygens (including phenoxy) is 6. The number of aliphatic hydroxyl groups excluding tert-OH is 2. The zero-order valence-corrected chi connectivity index (χ0v) is 33.5. The third kappa shape index (κ3) is 8.33. The SMILES string of the molecule is COC[C@@H]1C[C@@H](C[C@H](O)CC[C@H](C)/C=C(\C)C(=O)O)O[C@]2(O[C@](C)([C@H]3CC[C@@](C)([C@@H]4O[C@@H]([C@H]5O[C@@](O)(CO)[C@H](C)C[C@@H]5C)C[C@@H]4C)O3)C[C@H]2C)[C@@H]1C. The molecule has 5 aliphatic heterocycles. The summed E-state index contributed by atoms with van der Waals surface area (Å²) in [7, 11) is 1.73. The highest BCUT2D eigenvalue weighted by molar-refractivity contribution is 5.85. The summed E-state index contributed by atoms with van der Waals surface area (Å²) in [5.41, 5.74) is -0.797. The monoisotopic (exact) mass is 738 g/mol. The zero-order chi connectivity index (χ0) is 38.4. The number of aliphatic hydroxyl groups is 3. The van der Waals surface area contributed by atoms with Crippen LogP contribution >= 0.6 is 0 Å². The Balaban J connectivity index is 1.25. The molecule has 0 amide bonds. The molecule has 0 radical (unpaired) electrons. The minimum Gasteiger partial charge on any atom is -0.478 e. The molecule has 5 heterocycles. The number of rotatable bonds is 13. The molecule has 300 valence electrons. The fourth-order valence-corrected chi connectivity index (χ4v) is 10.8. The van der Waals surface area contributed by atoms with Crippen molar-refractivity contribution in [1.82, 2.24) is 0 Å². The molecule has 5 rings (SSSR count). The molecule has 0 aromatic rings. The lowest BCUT2D eigenvalue weighted by Gasteiger charge is -2.50. The summed E-state index contributed by atoms with van der Waals surface area (Å²) in [5.74, 6) is -2.71. The minimum absolute atomic E-state index is 0.0457. The Hall–Kier alpha value is -1.15. The van der Waals surface area contributed by atoms with E-state index in [1.165, 1.54) is 0 Å². The molecule has 5 aliphatic rings. The first-order chi connectivity index (χ1) is 24.3. The molecule has 17 atom stereocenters. The van der Waals surface area contributed by atoms with E-state index in [-0.39, 0.29) is 71.9 Å². The first kappa shape index (κ1) is 42.0. The van der Waals surface area contributed by atoms with Crippen LogP contribution in [0.5, 0.6) is 0 Å². The van der Waals surface area contributed by atoms with Crippen molar-refractivity contribution < 1.29 is 53.6 Å². The highest BCUT2D eigenvalue weighted by atomic mass is 16.7. The Morgan fingerprint density at radius 3 is 2.35 bits per heavy atom. The van der Waals surface area contributed by atoms with Gasteiger partial charge in [-0.1, -0.05) is 47.6 Å². The molecule has 1 spiro atoms. The Kier molecular flexibility index (Phi) is 13.0. The quantitative estimate of drug-likeness (QED) is 0.168. The number of carboxylic acid groups (broad SMARTS) is 1. The Morgan fingerprint density at radius 1 is 0.981 bits per heavy atom. The molecule has 0 bridgehead atoms. The van der Waals surface area contributed by atoms with Crippen molar-refractivity contribution in [1.29, 1.82) is 0 Å². The molecule has 0 aromatic carbocycles. The maximum absolute atomic E-state index is 11.3. The van der Waals surface area contributed by atoms with Crippen molar-refractivity contribution in [3.05, 3.63) is 11.6 Å². The maximum Gasteiger partial charge on any atom is 0.330 e. The molecule has 0 aliphatic carbocycles. The standard InChI is InChI=1S/C41H70O11/c1-23(15-26(4)37(44)45)11-12-31(43)19-32-18-30(21-47-10)29(7)41(49-32)28(6)20-39(9,52-41)34-13-14-38(8,50-34)36-25(3)17-33(48-36)35-24(2)16-27(5)40(46,22-42)51-35/h15,23-25,27-36,42-43,46H,11-14,16-22H2,1-10H3,(H,44,45)/b26-15+/t23-,24-,25-,27+,28+,29+,30-,31+,32-,33+,34+,35-,36+,38-,39-,40-,41+/m0/s1. The van der Waals surface area contributed by atoms with Gasteiger partial charge in [-0.15, -0.1) is 0 Å². The van der Waals surface area contributed by atoms with E-state index in [1.807, 2.05) is 13.8 Å². The third-order valence-electron chi connectivity index (χ3n) is 13.8. The number of methoxy groups -OCH3 is 1. The van der Waals surface area contributed by atoms with E-state index in [9.17, 15) is 25.2 Å². The Morgan fingerprint density at radius 2 is 1.69 bits per heavy atom. The van der Waals surface area contributed by atoms with Crippen LogP contribution in [-0.2, 0) is 33.2 Å². The van der Waals surface area contributed by atoms with Gasteiger partial charge in [-0.2, -0.15) is 0 Å². The largest absolute Gasteiger partial charge is 0.478 e. The molecule has 5 fully saturated rings. The van der Waals surface area contributed by atoms with Crippen molar-refractivity contribution in [2.75, 3.05) is 20.3 Å². The maximum atomic E-state index is 11.3. The van der Waals surface area contributed by atoms with Gasteiger partial charge in [0.05, 0.1) is 54.4 Å².